The molecular formula is C19H29N3O4. The number of amides is 2. The molecule has 4 N–H and O–H groups in total. The van der Waals surface area contributed by atoms with Gasteiger partial charge in [0.25, 0.3) is 11.8 Å². The summed E-state index contributed by atoms with van der Waals surface area (Å²) in [5, 5.41) is 5.81. The summed E-state index contributed by atoms with van der Waals surface area (Å²) < 4.78 is 10.8. The lowest BCUT2D eigenvalue weighted by molar-refractivity contribution is -0.123. The third-order valence-corrected chi connectivity index (χ3v) is 4.51. The molecule has 0 aliphatic heterocycles. The molecule has 1 saturated carbocycles. The van der Waals surface area contributed by atoms with Crippen molar-refractivity contribution < 1.29 is 19.1 Å². The summed E-state index contributed by atoms with van der Waals surface area (Å²) in [7, 11) is 1.50. The number of ether oxygens (including phenoxy) is 2. The van der Waals surface area contributed by atoms with E-state index in [4.69, 9.17) is 15.2 Å². The van der Waals surface area contributed by atoms with Crippen molar-refractivity contribution in [3.8, 4) is 11.5 Å². The zero-order valence-corrected chi connectivity index (χ0v) is 15.7. The van der Waals surface area contributed by atoms with Crippen LogP contribution in [0.15, 0.2) is 18.2 Å². The van der Waals surface area contributed by atoms with Crippen LogP contribution in [0.3, 0.4) is 0 Å². The van der Waals surface area contributed by atoms with Gasteiger partial charge in [-0.25, -0.2) is 0 Å². The Labute approximate surface area is 154 Å². The minimum absolute atomic E-state index is 0.0481. The normalized spacial score (nSPS) is 19.3. The monoisotopic (exact) mass is 363 g/mol. The van der Waals surface area contributed by atoms with E-state index >= 15 is 0 Å². The van der Waals surface area contributed by atoms with Crippen LogP contribution in [-0.4, -0.2) is 44.2 Å². The van der Waals surface area contributed by atoms with Crippen LogP contribution in [0.5, 0.6) is 11.5 Å². The zero-order valence-electron chi connectivity index (χ0n) is 15.7. The molecule has 1 aliphatic carbocycles. The highest BCUT2D eigenvalue weighted by Crippen LogP contribution is 2.29. The Kier molecular flexibility index (Phi) is 7.26. The lowest BCUT2D eigenvalue weighted by atomic mass is 10.0. The molecule has 7 nitrogen and oxygen atoms in total. The van der Waals surface area contributed by atoms with E-state index in [-0.39, 0.29) is 30.5 Å². The first kappa shape index (κ1) is 20.0. The Balaban J connectivity index is 2.00. The van der Waals surface area contributed by atoms with Crippen molar-refractivity contribution in [3.63, 3.8) is 0 Å². The minimum Gasteiger partial charge on any atom is -0.493 e. The van der Waals surface area contributed by atoms with Crippen molar-refractivity contribution in [2.45, 2.75) is 45.2 Å². The highest BCUT2D eigenvalue weighted by molar-refractivity contribution is 5.95. The predicted molar refractivity (Wildman–Crippen MR) is 99.4 cm³/mol. The van der Waals surface area contributed by atoms with Gasteiger partial charge in [0.1, 0.15) is 0 Å². The third kappa shape index (κ3) is 5.36. The maximum Gasteiger partial charge on any atom is 0.258 e. The maximum atomic E-state index is 12.5. The smallest absolute Gasteiger partial charge is 0.258 e. The molecule has 0 radical (unpaired) electrons. The summed E-state index contributed by atoms with van der Waals surface area (Å²) >= 11 is 0. The molecule has 0 bridgehead atoms. The lowest BCUT2D eigenvalue weighted by Crippen LogP contribution is -2.39. The van der Waals surface area contributed by atoms with Crippen molar-refractivity contribution in [2.75, 3.05) is 20.3 Å². The molecular weight excluding hydrogens is 334 g/mol. The molecule has 0 spiro atoms. The van der Waals surface area contributed by atoms with Crippen LogP contribution in [0, 0.1) is 5.92 Å². The summed E-state index contributed by atoms with van der Waals surface area (Å²) in [6, 6.07) is 5.10. The summed E-state index contributed by atoms with van der Waals surface area (Å²) in [5.41, 5.74) is 6.26. The molecule has 2 unspecified atom stereocenters. The number of carbonyl (C=O) groups excluding carboxylic acids is 2. The zero-order chi connectivity index (χ0) is 19.1. The van der Waals surface area contributed by atoms with Gasteiger partial charge in [0, 0.05) is 17.6 Å². The quantitative estimate of drug-likeness (QED) is 0.649. The van der Waals surface area contributed by atoms with E-state index in [9.17, 15) is 9.59 Å². The first-order chi connectivity index (χ1) is 12.4. The minimum atomic E-state index is -0.210. The Hall–Kier alpha value is -2.28. The first-order valence-corrected chi connectivity index (χ1v) is 9.05. The van der Waals surface area contributed by atoms with Crippen molar-refractivity contribution in [2.24, 2.45) is 11.7 Å². The maximum absolute atomic E-state index is 12.5. The second-order valence-electron chi connectivity index (χ2n) is 6.88. The number of nitrogens with one attached hydrogen (secondary N) is 2. The highest BCUT2D eigenvalue weighted by atomic mass is 16.5. The van der Waals surface area contributed by atoms with Crippen LogP contribution < -0.4 is 25.8 Å². The number of methoxy groups -OCH3 is 1. The van der Waals surface area contributed by atoms with Crippen molar-refractivity contribution in [1.29, 1.82) is 0 Å². The summed E-state index contributed by atoms with van der Waals surface area (Å²) in [6.07, 6.45) is 3.09. The first-order valence-electron chi connectivity index (χ1n) is 9.05. The van der Waals surface area contributed by atoms with Gasteiger partial charge in [-0.05, 0) is 57.4 Å². The van der Waals surface area contributed by atoms with Crippen LogP contribution in [0.2, 0.25) is 0 Å². The third-order valence-electron chi connectivity index (χ3n) is 4.51. The van der Waals surface area contributed by atoms with Gasteiger partial charge in [-0.1, -0.05) is 6.42 Å². The molecule has 7 heteroatoms. The number of hydrogen-bond donors (Lipinski definition) is 3. The Morgan fingerprint density at radius 2 is 2.04 bits per heavy atom. The van der Waals surface area contributed by atoms with Crippen LogP contribution in [0.25, 0.3) is 0 Å². The van der Waals surface area contributed by atoms with Gasteiger partial charge in [-0.3, -0.25) is 9.59 Å². The van der Waals surface area contributed by atoms with E-state index in [1.807, 2.05) is 13.8 Å². The fourth-order valence-corrected chi connectivity index (χ4v) is 3.20. The predicted octanol–water partition coefficient (Wildman–Crippen LogP) is 1.46. The Bertz CT molecular complexity index is 633. The van der Waals surface area contributed by atoms with Gasteiger partial charge < -0.3 is 25.8 Å². The molecule has 1 aromatic carbocycles. The van der Waals surface area contributed by atoms with Gasteiger partial charge in [0.2, 0.25) is 0 Å². The number of rotatable bonds is 8. The summed E-state index contributed by atoms with van der Waals surface area (Å²) in [6.45, 7) is 4.23. The van der Waals surface area contributed by atoms with Crippen molar-refractivity contribution in [1.82, 2.24) is 10.6 Å². The van der Waals surface area contributed by atoms with Crippen LogP contribution in [0.1, 0.15) is 43.5 Å². The van der Waals surface area contributed by atoms with Crippen LogP contribution in [-0.2, 0) is 4.79 Å². The second kappa shape index (κ2) is 9.43. The fourth-order valence-electron chi connectivity index (χ4n) is 3.20. The molecule has 144 valence electrons. The van der Waals surface area contributed by atoms with Gasteiger partial charge in [-0.15, -0.1) is 0 Å². The Morgan fingerprint density at radius 3 is 2.69 bits per heavy atom. The molecule has 1 aromatic rings. The van der Waals surface area contributed by atoms with E-state index < -0.39 is 0 Å². The van der Waals surface area contributed by atoms with E-state index in [0.29, 0.717) is 29.5 Å². The van der Waals surface area contributed by atoms with Crippen LogP contribution >= 0.6 is 0 Å². The lowest BCUT2D eigenvalue weighted by Gasteiger charge is -2.20. The van der Waals surface area contributed by atoms with E-state index in [2.05, 4.69) is 10.6 Å². The topological polar surface area (TPSA) is 103 Å². The fraction of sp³-hybridized carbons (Fsp3) is 0.579. The number of nitrogens with two attached hydrogens (primary N) is 1. The van der Waals surface area contributed by atoms with E-state index in [1.165, 1.54) is 7.11 Å². The second-order valence-corrected chi connectivity index (χ2v) is 6.88. The molecule has 2 atom stereocenters. The largest absolute Gasteiger partial charge is 0.493 e. The van der Waals surface area contributed by atoms with Gasteiger partial charge in [0.05, 0.1) is 7.11 Å². The molecule has 0 heterocycles. The van der Waals surface area contributed by atoms with Gasteiger partial charge in [0.15, 0.2) is 18.1 Å². The molecule has 2 amide bonds. The average Bonchev–Trinajstić information content (AvgIpc) is 3.06. The SMILES string of the molecule is COc1cc(C(=O)NC2CCCC2CN)ccc1OCC(=O)NC(C)C. The van der Waals surface area contributed by atoms with Crippen LogP contribution in [0.4, 0.5) is 0 Å². The molecule has 2 rings (SSSR count). The highest BCUT2D eigenvalue weighted by Gasteiger charge is 2.27. The van der Waals surface area contributed by atoms with E-state index in [0.717, 1.165) is 19.3 Å². The average molecular weight is 363 g/mol. The van der Waals surface area contributed by atoms with E-state index in [1.54, 1.807) is 18.2 Å². The summed E-state index contributed by atoms with van der Waals surface area (Å²) in [4.78, 5) is 24.2. The number of hydrogen-bond acceptors (Lipinski definition) is 5. The molecule has 1 aliphatic rings. The molecule has 26 heavy (non-hydrogen) atoms. The Morgan fingerprint density at radius 1 is 1.27 bits per heavy atom. The standard InChI is InChI=1S/C19H29N3O4/c1-12(2)21-18(23)11-26-16-8-7-13(9-17(16)25-3)19(24)22-15-6-4-5-14(15)10-20/h7-9,12,14-15H,4-6,10-11,20H2,1-3H3,(H,21,23)(H,22,24). The molecule has 0 saturated heterocycles. The van der Waals surface area contributed by atoms with Gasteiger partial charge in [-0.2, -0.15) is 0 Å². The molecule has 0 aromatic heterocycles. The summed E-state index contributed by atoms with van der Waals surface area (Å²) in [5.74, 6) is 0.805. The number of benzene rings is 1. The van der Waals surface area contributed by atoms with Gasteiger partial charge >= 0.3 is 0 Å². The van der Waals surface area contributed by atoms with Crippen molar-refractivity contribution in [3.05, 3.63) is 23.8 Å². The number of carbonyl (C=O) groups is 2. The molecule has 1 fully saturated rings. The van der Waals surface area contributed by atoms with Crippen molar-refractivity contribution >= 4 is 11.8 Å².